The molecule has 4 nitrogen and oxygen atoms in total. The first-order chi connectivity index (χ1) is 12.4. The van der Waals surface area contributed by atoms with Crippen LogP contribution in [-0.2, 0) is 11.2 Å². The van der Waals surface area contributed by atoms with Gasteiger partial charge >= 0.3 is 6.61 Å². The highest BCUT2D eigenvalue weighted by molar-refractivity contribution is 5.80. The summed E-state index contributed by atoms with van der Waals surface area (Å²) in [6, 6.07) is 7.68. The molecule has 0 spiro atoms. The van der Waals surface area contributed by atoms with Gasteiger partial charge in [0.05, 0.1) is 12.2 Å². The van der Waals surface area contributed by atoms with Crippen LogP contribution in [0.5, 0.6) is 5.75 Å². The van der Waals surface area contributed by atoms with Crippen LogP contribution in [0.25, 0.3) is 0 Å². The van der Waals surface area contributed by atoms with E-state index in [1.165, 1.54) is 12.1 Å². The molecule has 0 aliphatic rings. The van der Waals surface area contributed by atoms with Crippen molar-refractivity contribution in [3.05, 3.63) is 59.4 Å². The molecule has 140 valence electrons. The highest BCUT2D eigenvalue weighted by Gasteiger charge is 2.13. The van der Waals surface area contributed by atoms with E-state index < -0.39 is 30.0 Å². The third-order valence-corrected chi connectivity index (χ3v) is 3.36. The first kappa shape index (κ1) is 19.5. The Bertz CT molecular complexity index is 754. The number of nitrogens with one attached hydrogen (secondary N) is 2. The van der Waals surface area contributed by atoms with E-state index in [1.54, 1.807) is 12.1 Å². The third-order valence-electron chi connectivity index (χ3n) is 3.36. The molecule has 0 bridgehead atoms. The zero-order valence-corrected chi connectivity index (χ0v) is 13.4. The van der Waals surface area contributed by atoms with Gasteiger partial charge in [0.2, 0.25) is 5.91 Å². The van der Waals surface area contributed by atoms with Crippen LogP contribution in [0, 0.1) is 17.5 Å². The third kappa shape index (κ3) is 5.61. The van der Waals surface area contributed by atoms with Crippen molar-refractivity contribution in [1.29, 1.82) is 0 Å². The van der Waals surface area contributed by atoms with Gasteiger partial charge in [0.1, 0.15) is 5.75 Å². The van der Waals surface area contributed by atoms with Gasteiger partial charge in [-0.3, -0.25) is 4.79 Å². The number of amides is 1. The van der Waals surface area contributed by atoms with E-state index in [0.29, 0.717) is 6.42 Å². The Morgan fingerprint density at radius 2 is 1.69 bits per heavy atom. The number of ether oxygens (including phenoxy) is 1. The van der Waals surface area contributed by atoms with Gasteiger partial charge in [-0.2, -0.15) is 8.78 Å². The molecule has 2 aromatic carbocycles. The molecule has 0 aliphatic heterocycles. The number of alkyl halides is 2. The average molecular weight is 374 g/mol. The molecule has 0 heterocycles. The van der Waals surface area contributed by atoms with Crippen molar-refractivity contribution >= 4 is 11.6 Å². The smallest absolute Gasteiger partial charge is 0.387 e. The normalized spacial score (nSPS) is 10.7. The van der Waals surface area contributed by atoms with Gasteiger partial charge in [-0.25, -0.2) is 13.2 Å². The summed E-state index contributed by atoms with van der Waals surface area (Å²) in [6.45, 7) is -2.98. The number of hydrogen-bond donors (Lipinski definition) is 2. The highest BCUT2D eigenvalue weighted by atomic mass is 19.3. The standard InChI is InChI=1S/C17H15F5N2O2/c18-12-5-6-13(16(20)15(12)19)24-9-14(25)23-8-7-10-1-3-11(4-2-10)26-17(21)22/h1-6,17,24H,7-9H2,(H,23,25). The van der Waals surface area contributed by atoms with Crippen molar-refractivity contribution in [3.63, 3.8) is 0 Å². The molecule has 26 heavy (non-hydrogen) atoms. The zero-order valence-electron chi connectivity index (χ0n) is 13.4. The predicted molar refractivity (Wildman–Crippen MR) is 84.6 cm³/mol. The fraction of sp³-hybridized carbons (Fsp3) is 0.235. The van der Waals surface area contributed by atoms with E-state index in [4.69, 9.17) is 0 Å². The summed E-state index contributed by atoms with van der Waals surface area (Å²) in [7, 11) is 0. The first-order valence-corrected chi connectivity index (χ1v) is 7.54. The van der Waals surface area contributed by atoms with Gasteiger partial charge in [0.15, 0.2) is 17.5 Å². The lowest BCUT2D eigenvalue weighted by Gasteiger charge is -2.09. The Morgan fingerprint density at radius 3 is 2.35 bits per heavy atom. The lowest BCUT2D eigenvalue weighted by Crippen LogP contribution is -2.31. The maximum Gasteiger partial charge on any atom is 0.387 e. The van der Waals surface area contributed by atoms with Gasteiger partial charge in [-0.05, 0) is 36.2 Å². The van der Waals surface area contributed by atoms with Crippen LogP contribution in [0.15, 0.2) is 36.4 Å². The Labute approximate surface area is 146 Å². The van der Waals surface area contributed by atoms with E-state index in [2.05, 4.69) is 15.4 Å². The Balaban J connectivity index is 1.74. The Morgan fingerprint density at radius 1 is 1.00 bits per heavy atom. The average Bonchev–Trinajstić information content (AvgIpc) is 2.60. The summed E-state index contributed by atoms with van der Waals surface area (Å²) in [4.78, 5) is 11.7. The second kappa shape index (κ2) is 9.02. The SMILES string of the molecule is O=C(CNc1ccc(F)c(F)c1F)NCCc1ccc(OC(F)F)cc1. The molecule has 0 fully saturated rings. The lowest BCUT2D eigenvalue weighted by atomic mass is 10.1. The fourth-order valence-corrected chi connectivity index (χ4v) is 2.08. The maximum atomic E-state index is 13.4. The molecule has 0 atom stereocenters. The maximum absolute atomic E-state index is 13.4. The van der Waals surface area contributed by atoms with Crippen LogP contribution in [-0.4, -0.2) is 25.6 Å². The quantitative estimate of drug-likeness (QED) is 0.550. The molecule has 0 saturated heterocycles. The topological polar surface area (TPSA) is 50.4 Å². The van der Waals surface area contributed by atoms with E-state index in [9.17, 15) is 26.7 Å². The number of carbonyl (C=O) groups is 1. The summed E-state index contributed by atoms with van der Waals surface area (Å²) in [6.07, 6.45) is 0.431. The van der Waals surface area contributed by atoms with Gasteiger partial charge in [-0.1, -0.05) is 12.1 Å². The van der Waals surface area contributed by atoms with Crippen molar-refractivity contribution < 1.29 is 31.5 Å². The van der Waals surface area contributed by atoms with E-state index in [1.807, 2.05) is 0 Å². The van der Waals surface area contributed by atoms with Crippen LogP contribution >= 0.6 is 0 Å². The Kier molecular flexibility index (Phi) is 6.76. The molecule has 2 rings (SSSR count). The number of anilines is 1. The summed E-state index contributed by atoms with van der Waals surface area (Å²) in [5.41, 5.74) is 0.459. The van der Waals surface area contributed by atoms with Gasteiger partial charge in [0, 0.05) is 6.54 Å². The number of hydrogen-bond acceptors (Lipinski definition) is 3. The molecular formula is C17H15F5N2O2. The van der Waals surface area contributed by atoms with E-state index >= 15 is 0 Å². The minimum Gasteiger partial charge on any atom is -0.435 e. The van der Waals surface area contributed by atoms with Gasteiger partial charge in [-0.15, -0.1) is 0 Å². The highest BCUT2D eigenvalue weighted by Crippen LogP contribution is 2.19. The number of carbonyl (C=O) groups excluding carboxylic acids is 1. The molecule has 0 aromatic heterocycles. The summed E-state index contributed by atoms with van der Waals surface area (Å²) < 4.78 is 67.6. The molecule has 0 radical (unpaired) electrons. The molecule has 1 amide bonds. The second-order valence-electron chi connectivity index (χ2n) is 5.20. The first-order valence-electron chi connectivity index (χ1n) is 7.54. The van der Waals surface area contributed by atoms with Crippen molar-refractivity contribution in [2.75, 3.05) is 18.4 Å². The summed E-state index contributed by atoms with van der Waals surface area (Å²) in [5, 5.41) is 4.92. The number of rotatable bonds is 8. The van der Waals surface area contributed by atoms with Crippen molar-refractivity contribution in [2.24, 2.45) is 0 Å². The molecule has 9 heteroatoms. The van der Waals surface area contributed by atoms with E-state index in [-0.39, 0.29) is 24.5 Å². The van der Waals surface area contributed by atoms with Crippen LogP contribution in [0.1, 0.15) is 5.56 Å². The van der Waals surface area contributed by atoms with Gasteiger partial charge < -0.3 is 15.4 Å². The van der Waals surface area contributed by atoms with Crippen LogP contribution in [0.4, 0.5) is 27.6 Å². The lowest BCUT2D eigenvalue weighted by molar-refractivity contribution is -0.119. The van der Waals surface area contributed by atoms with Crippen molar-refractivity contribution in [1.82, 2.24) is 5.32 Å². The molecule has 0 unspecified atom stereocenters. The second-order valence-corrected chi connectivity index (χ2v) is 5.20. The minimum atomic E-state index is -2.90. The Hall–Kier alpha value is -2.84. The number of benzene rings is 2. The molecule has 0 saturated carbocycles. The van der Waals surface area contributed by atoms with Gasteiger partial charge in [0.25, 0.3) is 0 Å². The number of halogens is 5. The van der Waals surface area contributed by atoms with Crippen LogP contribution in [0.3, 0.4) is 0 Å². The van der Waals surface area contributed by atoms with Crippen molar-refractivity contribution in [3.8, 4) is 5.75 Å². The zero-order chi connectivity index (χ0) is 19.1. The van der Waals surface area contributed by atoms with Crippen LogP contribution in [0.2, 0.25) is 0 Å². The molecule has 0 aliphatic carbocycles. The largest absolute Gasteiger partial charge is 0.435 e. The fourth-order valence-electron chi connectivity index (χ4n) is 2.08. The monoisotopic (exact) mass is 374 g/mol. The molecular weight excluding hydrogens is 359 g/mol. The van der Waals surface area contributed by atoms with Crippen LogP contribution < -0.4 is 15.4 Å². The molecule has 2 N–H and O–H groups in total. The minimum absolute atomic E-state index is 0.0329. The van der Waals surface area contributed by atoms with Crippen molar-refractivity contribution in [2.45, 2.75) is 13.0 Å². The predicted octanol–water partition coefficient (Wildman–Crippen LogP) is 3.48. The van der Waals surface area contributed by atoms with E-state index in [0.717, 1.165) is 17.7 Å². The summed E-state index contributed by atoms with van der Waals surface area (Å²) in [5.74, 6) is -4.78. The molecule has 2 aromatic rings. The summed E-state index contributed by atoms with van der Waals surface area (Å²) >= 11 is 0.